The van der Waals surface area contributed by atoms with Crippen LogP contribution in [0.1, 0.15) is 34.6 Å². The minimum absolute atomic E-state index is 0.618. The number of nitrogens with zero attached hydrogens (tertiary/aromatic N) is 4. The number of aromatic nitrogens is 3. The molecule has 0 radical (unpaired) electrons. The normalized spacial score (nSPS) is 14.0. The second-order valence-corrected chi connectivity index (χ2v) is 5.57. The second-order valence-electron chi connectivity index (χ2n) is 4.36. The van der Waals surface area contributed by atoms with Crippen molar-refractivity contribution in [1.29, 1.82) is 0 Å². The van der Waals surface area contributed by atoms with Crippen LogP contribution in [-0.4, -0.2) is 20.5 Å². The molecule has 0 unspecified atom stereocenters. The van der Waals surface area contributed by atoms with Gasteiger partial charge in [-0.15, -0.1) is 21.5 Å². The first-order chi connectivity index (χ1) is 8.09. The average Bonchev–Trinajstić information content (AvgIpc) is 2.73. The molecule has 0 saturated heterocycles. The van der Waals surface area contributed by atoms with E-state index in [1.807, 2.05) is 6.92 Å². The molecular weight excluding hydrogens is 232 g/mol. The van der Waals surface area contributed by atoms with Crippen LogP contribution in [0, 0.1) is 20.8 Å². The molecule has 0 spiro atoms. The van der Waals surface area contributed by atoms with Crippen LogP contribution in [0.25, 0.3) is 5.00 Å². The van der Waals surface area contributed by atoms with Gasteiger partial charge >= 0.3 is 0 Å². The van der Waals surface area contributed by atoms with Gasteiger partial charge in [-0.2, -0.15) is 0 Å². The Balaban J connectivity index is 2.40. The van der Waals surface area contributed by atoms with Crippen molar-refractivity contribution in [2.45, 2.75) is 34.2 Å². The third kappa shape index (κ3) is 1.38. The zero-order chi connectivity index (χ0) is 12.2. The molecule has 0 bridgehead atoms. The molecule has 1 aliphatic heterocycles. The zero-order valence-corrected chi connectivity index (χ0v) is 11.2. The van der Waals surface area contributed by atoms with Crippen LogP contribution in [0.15, 0.2) is 4.99 Å². The zero-order valence-electron chi connectivity index (χ0n) is 10.4. The molecule has 3 rings (SSSR count). The highest BCUT2D eigenvalue weighted by atomic mass is 32.1. The quantitative estimate of drug-likeness (QED) is 0.717. The fourth-order valence-electron chi connectivity index (χ4n) is 2.23. The summed E-state index contributed by atoms with van der Waals surface area (Å²) in [6.07, 6.45) is 0. The van der Waals surface area contributed by atoms with E-state index in [1.54, 1.807) is 11.3 Å². The maximum absolute atomic E-state index is 4.59. The maximum Gasteiger partial charge on any atom is 0.159 e. The largest absolute Gasteiger partial charge is 0.281 e. The van der Waals surface area contributed by atoms with Gasteiger partial charge in [0.1, 0.15) is 10.8 Å². The Morgan fingerprint density at radius 3 is 2.65 bits per heavy atom. The van der Waals surface area contributed by atoms with E-state index in [4.69, 9.17) is 0 Å². The Kier molecular flexibility index (Phi) is 2.19. The highest BCUT2D eigenvalue weighted by Gasteiger charge is 2.23. The van der Waals surface area contributed by atoms with Crippen molar-refractivity contribution in [2.75, 3.05) is 0 Å². The van der Waals surface area contributed by atoms with Crippen molar-refractivity contribution >= 4 is 17.0 Å². The van der Waals surface area contributed by atoms with Crippen LogP contribution in [-0.2, 0) is 6.54 Å². The number of thiophene rings is 1. The summed E-state index contributed by atoms with van der Waals surface area (Å²) >= 11 is 1.80. The van der Waals surface area contributed by atoms with Crippen LogP contribution < -0.4 is 0 Å². The number of fused-ring (bicyclic) bond motifs is 3. The summed E-state index contributed by atoms with van der Waals surface area (Å²) in [5, 5.41) is 9.57. The summed E-state index contributed by atoms with van der Waals surface area (Å²) in [6.45, 7) is 9.00. The van der Waals surface area contributed by atoms with E-state index in [0.29, 0.717) is 6.54 Å². The maximum atomic E-state index is 4.59. The van der Waals surface area contributed by atoms with Crippen molar-refractivity contribution in [1.82, 2.24) is 14.8 Å². The van der Waals surface area contributed by atoms with Gasteiger partial charge in [0.25, 0.3) is 0 Å². The van der Waals surface area contributed by atoms with Crippen LogP contribution in [0.2, 0.25) is 0 Å². The van der Waals surface area contributed by atoms with E-state index < -0.39 is 0 Å². The fraction of sp³-hybridized carbons (Fsp3) is 0.417. The summed E-state index contributed by atoms with van der Waals surface area (Å²) in [7, 11) is 0. The predicted molar refractivity (Wildman–Crippen MR) is 69.4 cm³/mol. The van der Waals surface area contributed by atoms with Gasteiger partial charge in [-0.3, -0.25) is 9.56 Å². The smallest absolute Gasteiger partial charge is 0.159 e. The average molecular weight is 246 g/mol. The van der Waals surface area contributed by atoms with Crippen molar-refractivity contribution in [2.24, 2.45) is 4.99 Å². The van der Waals surface area contributed by atoms with Crippen LogP contribution in [0.3, 0.4) is 0 Å². The molecule has 88 valence electrons. The lowest BCUT2D eigenvalue weighted by Crippen LogP contribution is -2.02. The van der Waals surface area contributed by atoms with Crippen LogP contribution in [0.5, 0.6) is 0 Å². The summed E-state index contributed by atoms with van der Waals surface area (Å²) in [4.78, 5) is 5.93. The first kappa shape index (κ1) is 10.7. The molecular formula is C12H14N4S. The van der Waals surface area contributed by atoms with E-state index in [0.717, 1.165) is 17.4 Å². The SMILES string of the molecule is CC1=NCc2nnc(C)n2-c2sc(C)c(C)c21. The third-order valence-electron chi connectivity index (χ3n) is 3.28. The third-order valence-corrected chi connectivity index (χ3v) is 4.47. The molecule has 0 atom stereocenters. The Morgan fingerprint density at radius 1 is 1.12 bits per heavy atom. The van der Waals surface area contributed by atoms with Gasteiger partial charge in [-0.25, -0.2) is 0 Å². The molecule has 4 nitrogen and oxygen atoms in total. The molecule has 1 aliphatic rings. The molecule has 3 heterocycles. The fourth-order valence-corrected chi connectivity index (χ4v) is 3.51. The first-order valence-corrected chi connectivity index (χ1v) is 6.44. The second kappa shape index (κ2) is 3.50. The first-order valence-electron chi connectivity index (χ1n) is 5.62. The number of aliphatic imine (C=N–C) groups is 1. The van der Waals surface area contributed by atoms with Gasteiger partial charge < -0.3 is 0 Å². The monoisotopic (exact) mass is 246 g/mol. The van der Waals surface area contributed by atoms with E-state index >= 15 is 0 Å². The Labute approximate surface area is 104 Å². The van der Waals surface area contributed by atoms with E-state index in [9.17, 15) is 0 Å². The van der Waals surface area contributed by atoms with Gasteiger partial charge in [0.2, 0.25) is 0 Å². The Hall–Kier alpha value is -1.49. The van der Waals surface area contributed by atoms with Gasteiger partial charge in [-0.05, 0) is 33.3 Å². The minimum atomic E-state index is 0.618. The van der Waals surface area contributed by atoms with E-state index in [1.165, 1.54) is 21.0 Å². The van der Waals surface area contributed by atoms with Crippen molar-refractivity contribution in [3.8, 4) is 5.00 Å². The highest BCUT2D eigenvalue weighted by molar-refractivity contribution is 7.15. The molecule has 0 amide bonds. The minimum Gasteiger partial charge on any atom is -0.281 e. The van der Waals surface area contributed by atoms with Crippen LogP contribution >= 0.6 is 11.3 Å². The molecule has 17 heavy (non-hydrogen) atoms. The summed E-state index contributed by atoms with van der Waals surface area (Å²) in [5.41, 5.74) is 3.69. The topological polar surface area (TPSA) is 43.1 Å². The number of aryl methyl sites for hydroxylation is 2. The Morgan fingerprint density at radius 2 is 1.88 bits per heavy atom. The Bertz CT molecular complexity index is 633. The summed E-state index contributed by atoms with van der Waals surface area (Å²) in [6, 6.07) is 0. The van der Waals surface area contributed by atoms with Crippen molar-refractivity contribution in [3.63, 3.8) is 0 Å². The van der Waals surface area contributed by atoms with Crippen LogP contribution in [0.4, 0.5) is 0 Å². The summed E-state index contributed by atoms with van der Waals surface area (Å²) in [5.74, 6) is 1.87. The number of hydrogen-bond donors (Lipinski definition) is 0. The lowest BCUT2D eigenvalue weighted by atomic mass is 10.1. The molecule has 2 aromatic heterocycles. The molecule has 0 fully saturated rings. The van der Waals surface area contributed by atoms with Crippen molar-refractivity contribution < 1.29 is 0 Å². The molecule has 0 N–H and O–H groups in total. The molecule has 0 aliphatic carbocycles. The van der Waals surface area contributed by atoms with E-state index in [-0.39, 0.29) is 0 Å². The lowest BCUT2D eigenvalue weighted by molar-refractivity contribution is 0.869. The molecule has 0 aromatic carbocycles. The standard InChI is InChI=1S/C12H14N4S/c1-6-8(3)17-12-11(6)7(2)13-5-10-15-14-9(4)16(10)12/h5H2,1-4H3. The number of rotatable bonds is 0. The highest BCUT2D eigenvalue weighted by Crippen LogP contribution is 2.34. The lowest BCUT2D eigenvalue weighted by Gasteiger charge is -2.05. The number of hydrogen-bond acceptors (Lipinski definition) is 4. The summed E-state index contributed by atoms with van der Waals surface area (Å²) < 4.78 is 2.14. The van der Waals surface area contributed by atoms with Gasteiger partial charge in [0.15, 0.2) is 5.82 Å². The molecule has 2 aromatic rings. The van der Waals surface area contributed by atoms with Gasteiger partial charge in [-0.1, -0.05) is 0 Å². The van der Waals surface area contributed by atoms with Gasteiger partial charge in [0.05, 0.1) is 6.54 Å². The predicted octanol–water partition coefficient (Wildman–Crippen LogP) is 2.58. The van der Waals surface area contributed by atoms with Crippen molar-refractivity contribution in [3.05, 3.63) is 27.7 Å². The van der Waals surface area contributed by atoms with Gasteiger partial charge in [0, 0.05) is 16.2 Å². The molecule has 0 saturated carbocycles. The molecule has 5 heteroatoms. The van der Waals surface area contributed by atoms with E-state index in [2.05, 4.69) is 40.5 Å².